The third-order valence-electron chi connectivity index (χ3n) is 2.00. The van der Waals surface area contributed by atoms with Crippen molar-refractivity contribution < 1.29 is 4.74 Å². The molecule has 1 unspecified atom stereocenters. The first-order valence-corrected chi connectivity index (χ1v) is 4.36. The molecule has 70 valence electrons. The predicted octanol–water partition coefficient (Wildman–Crippen LogP) is 1.26. The summed E-state index contributed by atoms with van der Waals surface area (Å²) < 4.78 is 4.98. The minimum absolute atomic E-state index is 0.343. The summed E-state index contributed by atoms with van der Waals surface area (Å²) in [6, 6.07) is 2.52. The van der Waals surface area contributed by atoms with Crippen LogP contribution in [0.25, 0.3) is 0 Å². The summed E-state index contributed by atoms with van der Waals surface area (Å²) in [6.07, 6.45) is 0.595. The molecule has 3 nitrogen and oxygen atoms in total. The molecule has 0 aromatic carbocycles. The van der Waals surface area contributed by atoms with E-state index in [-0.39, 0.29) is 0 Å². The first kappa shape index (κ1) is 11.4. The maximum absolute atomic E-state index is 8.50. The number of ether oxygens (including phenoxy) is 1. The van der Waals surface area contributed by atoms with E-state index >= 15 is 0 Å². The fraction of sp³-hybridized carbons (Fsp3) is 0.889. The first-order valence-electron chi connectivity index (χ1n) is 4.36. The smallest absolute Gasteiger partial charge is 0.0638 e. The molecule has 0 spiro atoms. The van der Waals surface area contributed by atoms with Crippen LogP contribution in [0.15, 0.2) is 0 Å². The van der Waals surface area contributed by atoms with E-state index in [4.69, 9.17) is 10.00 Å². The van der Waals surface area contributed by atoms with Crippen molar-refractivity contribution in [1.29, 1.82) is 5.26 Å². The van der Waals surface area contributed by atoms with Crippen LogP contribution >= 0.6 is 0 Å². The molecule has 0 radical (unpaired) electrons. The molecular formula is C9H18N2O. The van der Waals surface area contributed by atoms with Crippen LogP contribution < -0.4 is 0 Å². The lowest BCUT2D eigenvalue weighted by atomic mass is 10.2. The molecule has 0 saturated carbocycles. The molecule has 0 N–H and O–H groups in total. The van der Waals surface area contributed by atoms with Gasteiger partial charge in [0.25, 0.3) is 0 Å². The van der Waals surface area contributed by atoms with Crippen molar-refractivity contribution in [3.8, 4) is 6.07 Å². The molecule has 0 fully saturated rings. The second-order valence-electron chi connectivity index (χ2n) is 2.83. The van der Waals surface area contributed by atoms with Gasteiger partial charge in [-0.3, -0.25) is 4.90 Å². The number of nitrogens with zero attached hydrogens (tertiary/aromatic N) is 2. The zero-order valence-electron chi connectivity index (χ0n) is 8.21. The summed E-state index contributed by atoms with van der Waals surface area (Å²) in [6.45, 7) is 6.80. The van der Waals surface area contributed by atoms with Gasteiger partial charge in [0, 0.05) is 19.7 Å². The maximum Gasteiger partial charge on any atom is 0.0638 e. The van der Waals surface area contributed by atoms with Gasteiger partial charge >= 0.3 is 0 Å². The van der Waals surface area contributed by atoms with Crippen LogP contribution in [0.5, 0.6) is 0 Å². The molecule has 0 aliphatic rings. The molecule has 12 heavy (non-hydrogen) atoms. The van der Waals surface area contributed by atoms with E-state index in [1.165, 1.54) is 0 Å². The number of hydrogen-bond acceptors (Lipinski definition) is 3. The van der Waals surface area contributed by atoms with Crippen molar-refractivity contribution in [3.63, 3.8) is 0 Å². The molecule has 0 heterocycles. The number of nitriles is 1. The third kappa shape index (κ3) is 4.32. The molecule has 0 aromatic heterocycles. The molecule has 0 aliphatic heterocycles. The monoisotopic (exact) mass is 170 g/mol. The number of likely N-dealkylation sites (N-methyl/N-ethyl adjacent to an activating group) is 1. The van der Waals surface area contributed by atoms with Crippen molar-refractivity contribution in [2.24, 2.45) is 0 Å². The van der Waals surface area contributed by atoms with Crippen molar-refractivity contribution >= 4 is 0 Å². The van der Waals surface area contributed by atoms with Crippen molar-refractivity contribution in [3.05, 3.63) is 0 Å². The zero-order chi connectivity index (χ0) is 9.40. The Kier molecular flexibility index (Phi) is 6.73. The Balaban J connectivity index is 3.72. The Hall–Kier alpha value is -0.590. The van der Waals surface area contributed by atoms with Crippen molar-refractivity contribution in [2.45, 2.75) is 26.3 Å². The first-order chi connectivity index (χ1) is 5.76. The van der Waals surface area contributed by atoms with Crippen LogP contribution in [0.1, 0.15) is 20.3 Å². The SMILES string of the molecule is CCN(CCOC)C(C)CC#N. The largest absolute Gasteiger partial charge is 0.383 e. The van der Waals surface area contributed by atoms with Crippen LogP contribution in [0.3, 0.4) is 0 Å². The van der Waals surface area contributed by atoms with Crippen LogP contribution in [0.2, 0.25) is 0 Å². The van der Waals surface area contributed by atoms with E-state index in [1.807, 2.05) is 0 Å². The van der Waals surface area contributed by atoms with Gasteiger partial charge in [-0.15, -0.1) is 0 Å². The van der Waals surface area contributed by atoms with Gasteiger partial charge in [-0.2, -0.15) is 5.26 Å². The summed E-state index contributed by atoms with van der Waals surface area (Å²) in [4.78, 5) is 2.24. The average Bonchev–Trinajstić information content (AvgIpc) is 2.06. The quantitative estimate of drug-likeness (QED) is 0.602. The summed E-state index contributed by atoms with van der Waals surface area (Å²) in [5.41, 5.74) is 0. The molecule has 3 heteroatoms. The van der Waals surface area contributed by atoms with Gasteiger partial charge < -0.3 is 4.74 Å². The molecule has 0 rings (SSSR count). The highest BCUT2D eigenvalue weighted by atomic mass is 16.5. The number of rotatable bonds is 6. The highest BCUT2D eigenvalue weighted by Crippen LogP contribution is 2.01. The average molecular weight is 170 g/mol. The van der Waals surface area contributed by atoms with E-state index in [9.17, 15) is 0 Å². The van der Waals surface area contributed by atoms with E-state index in [2.05, 4.69) is 24.8 Å². The molecule has 0 amide bonds. The lowest BCUT2D eigenvalue weighted by Crippen LogP contribution is -2.35. The highest BCUT2D eigenvalue weighted by Gasteiger charge is 2.10. The van der Waals surface area contributed by atoms with Gasteiger partial charge in [-0.1, -0.05) is 6.92 Å². The Morgan fingerprint density at radius 3 is 2.67 bits per heavy atom. The standard InChI is InChI=1S/C9H18N2O/c1-4-11(7-8-12-3)9(2)5-6-10/h9H,4-5,7-8H2,1-3H3. The fourth-order valence-electron chi connectivity index (χ4n) is 1.16. The zero-order valence-corrected chi connectivity index (χ0v) is 8.21. The number of hydrogen-bond donors (Lipinski definition) is 0. The summed E-state index contributed by atoms with van der Waals surface area (Å²) in [7, 11) is 1.70. The van der Waals surface area contributed by atoms with Crippen molar-refractivity contribution in [2.75, 3.05) is 26.8 Å². The maximum atomic E-state index is 8.50. The van der Waals surface area contributed by atoms with Crippen LogP contribution in [0, 0.1) is 11.3 Å². The Bertz CT molecular complexity index is 142. The Morgan fingerprint density at radius 2 is 2.25 bits per heavy atom. The van der Waals surface area contributed by atoms with Gasteiger partial charge in [-0.25, -0.2) is 0 Å². The second-order valence-corrected chi connectivity index (χ2v) is 2.83. The molecule has 0 bridgehead atoms. The molecule has 0 saturated heterocycles. The van der Waals surface area contributed by atoms with Crippen LogP contribution in [-0.2, 0) is 4.74 Å². The van der Waals surface area contributed by atoms with Crippen LogP contribution in [0.4, 0.5) is 0 Å². The lowest BCUT2D eigenvalue weighted by molar-refractivity contribution is 0.130. The summed E-state index contributed by atoms with van der Waals surface area (Å²) in [5, 5.41) is 8.50. The predicted molar refractivity (Wildman–Crippen MR) is 48.8 cm³/mol. The lowest BCUT2D eigenvalue weighted by Gasteiger charge is -2.25. The normalized spacial score (nSPS) is 12.9. The van der Waals surface area contributed by atoms with Gasteiger partial charge in [0.15, 0.2) is 0 Å². The van der Waals surface area contributed by atoms with Gasteiger partial charge in [0.2, 0.25) is 0 Å². The molecular weight excluding hydrogens is 152 g/mol. The highest BCUT2D eigenvalue weighted by molar-refractivity contribution is 4.79. The minimum Gasteiger partial charge on any atom is -0.383 e. The Morgan fingerprint density at radius 1 is 1.58 bits per heavy atom. The number of methoxy groups -OCH3 is 1. The van der Waals surface area contributed by atoms with E-state index in [0.717, 1.165) is 19.7 Å². The van der Waals surface area contributed by atoms with Gasteiger partial charge in [-0.05, 0) is 13.5 Å². The summed E-state index contributed by atoms with van der Waals surface area (Å²) >= 11 is 0. The second kappa shape index (κ2) is 7.08. The van der Waals surface area contributed by atoms with Gasteiger partial charge in [0.1, 0.15) is 0 Å². The molecule has 1 atom stereocenters. The van der Waals surface area contributed by atoms with Gasteiger partial charge in [0.05, 0.1) is 19.1 Å². The Labute approximate surface area is 74.9 Å². The van der Waals surface area contributed by atoms with Crippen LogP contribution in [-0.4, -0.2) is 37.7 Å². The van der Waals surface area contributed by atoms with E-state index in [1.54, 1.807) is 7.11 Å². The molecule has 0 aromatic rings. The van der Waals surface area contributed by atoms with E-state index < -0.39 is 0 Å². The molecule has 0 aliphatic carbocycles. The van der Waals surface area contributed by atoms with Crippen molar-refractivity contribution in [1.82, 2.24) is 4.90 Å². The summed E-state index contributed by atoms with van der Waals surface area (Å²) in [5.74, 6) is 0. The minimum atomic E-state index is 0.343. The topological polar surface area (TPSA) is 36.3 Å². The van der Waals surface area contributed by atoms with E-state index in [0.29, 0.717) is 12.5 Å². The third-order valence-corrected chi connectivity index (χ3v) is 2.00. The fourth-order valence-corrected chi connectivity index (χ4v) is 1.16.